The van der Waals surface area contributed by atoms with E-state index in [4.69, 9.17) is 0 Å². The van der Waals surface area contributed by atoms with Crippen LogP contribution in [0.15, 0.2) is 18.5 Å². The van der Waals surface area contributed by atoms with Gasteiger partial charge in [0.25, 0.3) is 0 Å². The summed E-state index contributed by atoms with van der Waals surface area (Å²) < 4.78 is 1.60. The third kappa shape index (κ3) is 2.55. The second kappa shape index (κ2) is 5.70. The molecule has 0 saturated carbocycles. The Bertz CT molecular complexity index is 754. The molecule has 0 amide bonds. The van der Waals surface area contributed by atoms with Crippen LogP contribution in [0.2, 0.25) is 0 Å². The van der Waals surface area contributed by atoms with Gasteiger partial charge in [0.2, 0.25) is 0 Å². The van der Waals surface area contributed by atoms with Crippen LogP contribution >= 0.6 is 0 Å². The Morgan fingerprint density at radius 2 is 1.70 bits per heavy atom. The van der Waals surface area contributed by atoms with Crippen LogP contribution in [0.3, 0.4) is 0 Å². The van der Waals surface area contributed by atoms with Crippen LogP contribution < -0.4 is 0 Å². The topological polar surface area (TPSA) is 43.1 Å². The zero-order valence-electron chi connectivity index (χ0n) is 12.1. The van der Waals surface area contributed by atoms with E-state index in [1.165, 1.54) is 28.6 Å². The SMILES string of the molecule is Cc1cc(C)c(-c2[c-]n3ncnc3nc2C)c(C)c1.[Y+3]. The van der Waals surface area contributed by atoms with E-state index >= 15 is 0 Å². The Balaban J connectivity index is 0.00000147. The Morgan fingerprint density at radius 1 is 1.05 bits per heavy atom. The molecule has 3 rings (SSSR count). The van der Waals surface area contributed by atoms with Gasteiger partial charge in [-0.15, -0.1) is 5.56 Å². The quantitative estimate of drug-likeness (QED) is 0.640. The fourth-order valence-corrected chi connectivity index (χ4v) is 2.59. The second-order valence-electron chi connectivity index (χ2n) is 4.93. The standard InChI is InChI=1S/C15H15N4.Y/c1-9-5-10(2)14(11(3)6-9)13-7-19-15(16-8-17-19)18-12(13)4;/h5-6,8H,1-4H3;/q-1;+3. The number of benzene rings is 1. The van der Waals surface area contributed by atoms with Crippen molar-refractivity contribution in [1.82, 2.24) is 19.6 Å². The molecule has 0 bridgehead atoms. The molecule has 3 aromatic rings. The Morgan fingerprint density at radius 3 is 2.35 bits per heavy atom. The number of aryl methyl sites for hydroxylation is 4. The molecular formula is C15H15N4Y+2. The number of nitrogens with zero attached hydrogens (tertiary/aromatic N) is 4. The number of fused-ring (bicyclic) bond motifs is 1. The Kier molecular flexibility index (Phi) is 4.35. The van der Waals surface area contributed by atoms with Crippen molar-refractivity contribution in [3.8, 4) is 11.1 Å². The molecule has 1 aromatic carbocycles. The first-order valence-corrected chi connectivity index (χ1v) is 6.24. The zero-order valence-corrected chi connectivity index (χ0v) is 14.9. The minimum Gasteiger partial charge on any atom is -0.314 e. The normalized spacial score (nSPS) is 10.6. The summed E-state index contributed by atoms with van der Waals surface area (Å²) in [5.41, 5.74) is 6.85. The van der Waals surface area contributed by atoms with Gasteiger partial charge in [-0.3, -0.25) is 4.52 Å². The number of hydrogen-bond acceptors (Lipinski definition) is 3. The fourth-order valence-electron chi connectivity index (χ4n) is 2.59. The van der Waals surface area contributed by atoms with E-state index in [0.29, 0.717) is 5.78 Å². The van der Waals surface area contributed by atoms with Gasteiger partial charge in [-0.25, -0.2) is 4.98 Å². The van der Waals surface area contributed by atoms with Crippen molar-refractivity contribution in [2.24, 2.45) is 0 Å². The molecule has 0 N–H and O–H groups in total. The van der Waals surface area contributed by atoms with Gasteiger partial charge < -0.3 is 4.98 Å². The summed E-state index contributed by atoms with van der Waals surface area (Å²) in [6.45, 7) is 8.33. The minimum atomic E-state index is 0. The average molecular weight is 340 g/mol. The molecule has 0 unspecified atom stereocenters. The molecular weight excluding hydrogens is 325 g/mol. The molecule has 2 heterocycles. The van der Waals surface area contributed by atoms with E-state index < -0.39 is 0 Å². The maximum absolute atomic E-state index is 4.47. The fraction of sp³-hybridized carbons (Fsp3) is 0.267. The first-order chi connectivity index (χ1) is 9.06. The largest absolute Gasteiger partial charge is 3.00 e. The van der Waals surface area contributed by atoms with Gasteiger partial charge >= 0.3 is 32.7 Å². The first kappa shape index (κ1) is 15.3. The zero-order chi connectivity index (χ0) is 13.6. The van der Waals surface area contributed by atoms with E-state index in [-0.39, 0.29) is 32.7 Å². The number of hydrogen-bond donors (Lipinski definition) is 0. The predicted molar refractivity (Wildman–Crippen MR) is 74.0 cm³/mol. The van der Waals surface area contributed by atoms with Crippen LogP contribution in [-0.2, 0) is 32.7 Å². The van der Waals surface area contributed by atoms with Gasteiger partial charge in [-0.1, -0.05) is 41.3 Å². The van der Waals surface area contributed by atoms with Crippen molar-refractivity contribution in [3.63, 3.8) is 0 Å². The summed E-state index contributed by atoms with van der Waals surface area (Å²) >= 11 is 0. The van der Waals surface area contributed by atoms with Crippen molar-refractivity contribution >= 4 is 5.78 Å². The summed E-state index contributed by atoms with van der Waals surface area (Å²) in [6.07, 6.45) is 4.77. The molecule has 96 valence electrons. The Labute approximate surface area is 143 Å². The summed E-state index contributed by atoms with van der Waals surface area (Å²) in [5.74, 6) is 0.587. The maximum Gasteiger partial charge on any atom is 3.00 e. The van der Waals surface area contributed by atoms with Crippen LogP contribution in [-0.4, -0.2) is 19.6 Å². The summed E-state index contributed by atoms with van der Waals surface area (Å²) in [7, 11) is 0. The van der Waals surface area contributed by atoms with Crippen molar-refractivity contribution in [1.29, 1.82) is 0 Å². The van der Waals surface area contributed by atoms with Crippen LogP contribution in [0.1, 0.15) is 22.4 Å². The monoisotopic (exact) mass is 340 g/mol. The molecule has 0 fully saturated rings. The molecule has 20 heavy (non-hydrogen) atoms. The van der Waals surface area contributed by atoms with Gasteiger partial charge in [-0.05, 0) is 32.7 Å². The maximum atomic E-state index is 4.47. The molecule has 2 aromatic heterocycles. The van der Waals surface area contributed by atoms with Crippen LogP contribution in [0.5, 0.6) is 0 Å². The third-order valence-corrected chi connectivity index (χ3v) is 3.30. The van der Waals surface area contributed by atoms with E-state index in [9.17, 15) is 0 Å². The van der Waals surface area contributed by atoms with E-state index in [1.54, 1.807) is 4.52 Å². The van der Waals surface area contributed by atoms with E-state index in [0.717, 1.165) is 11.3 Å². The average Bonchev–Trinajstić information content (AvgIpc) is 2.74. The van der Waals surface area contributed by atoms with Crippen LogP contribution in [0.25, 0.3) is 16.9 Å². The van der Waals surface area contributed by atoms with Gasteiger partial charge in [0, 0.05) is 0 Å². The molecule has 0 radical (unpaired) electrons. The molecule has 0 saturated heterocycles. The van der Waals surface area contributed by atoms with E-state index in [1.807, 2.05) is 6.92 Å². The molecule has 0 aliphatic carbocycles. The molecule has 5 heteroatoms. The first-order valence-electron chi connectivity index (χ1n) is 6.24. The molecule has 0 atom stereocenters. The minimum absolute atomic E-state index is 0. The van der Waals surface area contributed by atoms with E-state index in [2.05, 4.69) is 54.2 Å². The van der Waals surface area contributed by atoms with Crippen molar-refractivity contribution in [2.75, 3.05) is 0 Å². The van der Waals surface area contributed by atoms with Crippen LogP contribution in [0, 0.1) is 33.9 Å². The second-order valence-corrected chi connectivity index (χ2v) is 4.93. The van der Waals surface area contributed by atoms with Gasteiger partial charge in [0.1, 0.15) is 6.33 Å². The predicted octanol–water partition coefficient (Wildman–Crippen LogP) is 2.82. The van der Waals surface area contributed by atoms with Crippen molar-refractivity contribution < 1.29 is 32.7 Å². The summed E-state index contributed by atoms with van der Waals surface area (Å²) in [5, 5.41) is 4.11. The number of rotatable bonds is 1. The molecule has 0 aliphatic rings. The summed E-state index contributed by atoms with van der Waals surface area (Å²) in [6, 6.07) is 4.36. The van der Waals surface area contributed by atoms with Crippen molar-refractivity contribution in [3.05, 3.63) is 47.0 Å². The van der Waals surface area contributed by atoms with Crippen LogP contribution in [0.4, 0.5) is 0 Å². The smallest absolute Gasteiger partial charge is 0.314 e. The molecule has 4 nitrogen and oxygen atoms in total. The molecule has 0 aliphatic heterocycles. The Hall–Kier alpha value is -1.13. The van der Waals surface area contributed by atoms with Gasteiger partial charge in [0.05, 0.1) is 0 Å². The van der Waals surface area contributed by atoms with Gasteiger partial charge in [0.15, 0.2) is 5.78 Å². The molecule has 0 spiro atoms. The van der Waals surface area contributed by atoms with Gasteiger partial charge in [-0.2, -0.15) is 5.10 Å². The summed E-state index contributed by atoms with van der Waals surface area (Å²) in [4.78, 5) is 8.56. The third-order valence-electron chi connectivity index (χ3n) is 3.30. The number of aromatic nitrogens is 4. The van der Waals surface area contributed by atoms with Crippen molar-refractivity contribution in [2.45, 2.75) is 27.7 Å².